The second kappa shape index (κ2) is 8.99. The summed E-state index contributed by atoms with van der Waals surface area (Å²) < 4.78 is 27.7. The van der Waals surface area contributed by atoms with Gasteiger partial charge in [-0.2, -0.15) is 4.31 Å². The fourth-order valence-electron chi connectivity index (χ4n) is 3.24. The number of carbonyl (C=O) groups is 1. The Morgan fingerprint density at radius 2 is 1.67 bits per heavy atom. The van der Waals surface area contributed by atoms with Gasteiger partial charge in [-0.3, -0.25) is 4.79 Å². The molecule has 1 fully saturated rings. The Kier molecular flexibility index (Phi) is 6.68. The quantitative estimate of drug-likeness (QED) is 0.733. The van der Waals surface area contributed by atoms with Crippen LogP contribution in [-0.2, 0) is 21.2 Å². The van der Waals surface area contributed by atoms with E-state index in [9.17, 15) is 13.2 Å². The minimum Gasteiger partial charge on any atom is -0.353 e. The molecule has 1 aliphatic rings. The summed E-state index contributed by atoms with van der Waals surface area (Å²) in [6.07, 6.45) is 2.41. The third-order valence-corrected chi connectivity index (χ3v) is 7.67. The number of nitrogens with one attached hydrogen (secondary N) is 1. The molecule has 27 heavy (non-hydrogen) atoms. The molecule has 1 heterocycles. The number of piperidine rings is 1. The Labute approximate surface area is 169 Å². The maximum absolute atomic E-state index is 12.8. The Morgan fingerprint density at radius 1 is 1.04 bits per heavy atom. The first-order valence-corrected chi connectivity index (χ1v) is 11.3. The highest BCUT2D eigenvalue weighted by Gasteiger charge is 2.30. The zero-order chi connectivity index (χ0) is 19.3. The van der Waals surface area contributed by atoms with Crippen molar-refractivity contribution in [2.24, 2.45) is 0 Å². The van der Waals surface area contributed by atoms with Gasteiger partial charge in [0.25, 0.3) is 0 Å². The Hall–Kier alpha value is -1.70. The molecule has 0 unspecified atom stereocenters. The first kappa shape index (κ1) is 20.0. The first-order chi connectivity index (χ1) is 13.0. The summed E-state index contributed by atoms with van der Waals surface area (Å²) in [4.78, 5) is 12.5. The van der Waals surface area contributed by atoms with Gasteiger partial charge < -0.3 is 5.32 Å². The second-order valence-corrected chi connectivity index (χ2v) is 9.42. The molecule has 1 amide bonds. The summed E-state index contributed by atoms with van der Waals surface area (Å²) >= 11 is 3.32. The average Bonchev–Trinajstić information content (AvgIpc) is 2.68. The minimum absolute atomic E-state index is 0.0194. The molecule has 144 valence electrons. The number of rotatable bonds is 6. The fourth-order valence-corrected chi connectivity index (χ4v) is 5.67. The highest BCUT2D eigenvalue weighted by atomic mass is 79.9. The SMILES string of the molecule is O=C(CCc1ccccc1)NC1CCN(S(=O)(=O)c2ccccc2Br)CC1. The highest BCUT2D eigenvalue weighted by Crippen LogP contribution is 2.26. The summed E-state index contributed by atoms with van der Waals surface area (Å²) in [6.45, 7) is 0.820. The number of sulfonamides is 1. The van der Waals surface area contributed by atoms with Crippen LogP contribution in [0.2, 0.25) is 0 Å². The molecule has 0 aromatic heterocycles. The minimum atomic E-state index is -3.52. The van der Waals surface area contributed by atoms with Gasteiger partial charge in [0.1, 0.15) is 0 Å². The monoisotopic (exact) mass is 450 g/mol. The molecule has 0 atom stereocenters. The summed E-state index contributed by atoms with van der Waals surface area (Å²) in [7, 11) is -3.52. The third-order valence-electron chi connectivity index (χ3n) is 4.76. The molecule has 0 radical (unpaired) electrons. The Morgan fingerprint density at radius 3 is 2.33 bits per heavy atom. The summed E-state index contributed by atoms with van der Waals surface area (Å²) in [5.41, 5.74) is 1.14. The van der Waals surface area contributed by atoms with Crippen molar-refractivity contribution in [3.63, 3.8) is 0 Å². The molecule has 7 heteroatoms. The summed E-state index contributed by atoms with van der Waals surface area (Å²) in [6, 6.07) is 16.8. The number of benzene rings is 2. The van der Waals surface area contributed by atoms with Crippen molar-refractivity contribution in [3.05, 3.63) is 64.6 Å². The molecule has 2 aromatic rings. The molecule has 0 spiro atoms. The number of nitrogens with zero attached hydrogens (tertiary/aromatic N) is 1. The number of hydrogen-bond acceptors (Lipinski definition) is 3. The predicted molar refractivity (Wildman–Crippen MR) is 109 cm³/mol. The van der Waals surface area contributed by atoms with E-state index in [-0.39, 0.29) is 16.8 Å². The molecule has 2 aromatic carbocycles. The van der Waals surface area contributed by atoms with E-state index in [1.165, 1.54) is 4.31 Å². The van der Waals surface area contributed by atoms with E-state index in [4.69, 9.17) is 0 Å². The Balaban J connectivity index is 1.50. The third kappa shape index (κ3) is 5.18. The number of hydrogen-bond donors (Lipinski definition) is 1. The number of amides is 1. The molecule has 3 rings (SSSR count). The van der Waals surface area contributed by atoms with Gasteiger partial charge in [-0.1, -0.05) is 42.5 Å². The van der Waals surface area contributed by atoms with E-state index in [2.05, 4.69) is 21.2 Å². The molecule has 0 bridgehead atoms. The van der Waals surface area contributed by atoms with Gasteiger partial charge in [0.2, 0.25) is 15.9 Å². The lowest BCUT2D eigenvalue weighted by molar-refractivity contribution is -0.122. The molecule has 1 aliphatic heterocycles. The molecule has 1 N–H and O–H groups in total. The normalized spacial score (nSPS) is 16.2. The van der Waals surface area contributed by atoms with Gasteiger partial charge >= 0.3 is 0 Å². The molecular weight excluding hydrogens is 428 g/mol. The van der Waals surface area contributed by atoms with Gasteiger partial charge in [-0.15, -0.1) is 0 Å². The van der Waals surface area contributed by atoms with Crippen LogP contribution in [0.4, 0.5) is 0 Å². The van der Waals surface area contributed by atoms with Crippen molar-refractivity contribution in [1.82, 2.24) is 9.62 Å². The summed E-state index contributed by atoms with van der Waals surface area (Å²) in [5, 5.41) is 3.04. The van der Waals surface area contributed by atoms with E-state index < -0.39 is 10.0 Å². The van der Waals surface area contributed by atoms with Crippen molar-refractivity contribution in [3.8, 4) is 0 Å². The van der Waals surface area contributed by atoms with Crippen LogP contribution in [0.25, 0.3) is 0 Å². The zero-order valence-corrected chi connectivity index (χ0v) is 17.4. The highest BCUT2D eigenvalue weighted by molar-refractivity contribution is 9.10. The predicted octanol–water partition coefficient (Wildman–Crippen LogP) is 3.35. The second-order valence-electron chi connectivity index (χ2n) is 6.66. The van der Waals surface area contributed by atoms with Crippen molar-refractivity contribution in [2.45, 2.75) is 36.6 Å². The lowest BCUT2D eigenvalue weighted by Crippen LogP contribution is -2.46. The molecule has 0 saturated carbocycles. The fraction of sp³-hybridized carbons (Fsp3) is 0.350. The van der Waals surface area contributed by atoms with Gasteiger partial charge in [0.05, 0.1) is 4.90 Å². The van der Waals surface area contributed by atoms with Crippen LogP contribution < -0.4 is 5.32 Å². The zero-order valence-electron chi connectivity index (χ0n) is 15.0. The van der Waals surface area contributed by atoms with Gasteiger partial charge in [0.15, 0.2) is 0 Å². The number of aryl methyl sites for hydroxylation is 1. The van der Waals surface area contributed by atoms with Crippen LogP contribution in [0.5, 0.6) is 0 Å². The van der Waals surface area contributed by atoms with Crippen LogP contribution in [-0.4, -0.2) is 37.8 Å². The van der Waals surface area contributed by atoms with Gasteiger partial charge in [-0.25, -0.2) is 8.42 Å². The van der Waals surface area contributed by atoms with Gasteiger partial charge in [0, 0.05) is 30.0 Å². The van der Waals surface area contributed by atoms with Crippen LogP contribution in [0, 0.1) is 0 Å². The van der Waals surface area contributed by atoms with Crippen molar-refractivity contribution >= 4 is 31.9 Å². The average molecular weight is 451 g/mol. The lowest BCUT2D eigenvalue weighted by Gasteiger charge is -2.31. The van der Waals surface area contributed by atoms with Crippen LogP contribution in [0.1, 0.15) is 24.8 Å². The van der Waals surface area contributed by atoms with Crippen LogP contribution in [0.15, 0.2) is 64.0 Å². The molecule has 5 nitrogen and oxygen atoms in total. The topological polar surface area (TPSA) is 66.5 Å². The smallest absolute Gasteiger partial charge is 0.244 e. The van der Waals surface area contributed by atoms with E-state index >= 15 is 0 Å². The number of halogens is 1. The lowest BCUT2D eigenvalue weighted by atomic mass is 10.1. The van der Waals surface area contributed by atoms with E-state index in [1.807, 2.05) is 30.3 Å². The first-order valence-electron chi connectivity index (χ1n) is 9.05. The Bertz CT molecular complexity index is 879. The summed E-state index contributed by atoms with van der Waals surface area (Å²) in [5.74, 6) is 0.0194. The van der Waals surface area contributed by atoms with E-state index in [0.717, 1.165) is 5.56 Å². The largest absolute Gasteiger partial charge is 0.353 e. The molecule has 1 saturated heterocycles. The van der Waals surface area contributed by atoms with Crippen LogP contribution in [0.3, 0.4) is 0 Å². The van der Waals surface area contributed by atoms with Crippen LogP contribution >= 0.6 is 15.9 Å². The van der Waals surface area contributed by atoms with E-state index in [1.54, 1.807) is 24.3 Å². The van der Waals surface area contributed by atoms with Gasteiger partial charge in [-0.05, 0) is 52.9 Å². The number of carbonyl (C=O) groups excluding carboxylic acids is 1. The molecular formula is C20H23BrN2O3S. The van der Waals surface area contributed by atoms with Crippen molar-refractivity contribution in [2.75, 3.05) is 13.1 Å². The van der Waals surface area contributed by atoms with Crippen molar-refractivity contribution in [1.29, 1.82) is 0 Å². The maximum atomic E-state index is 12.8. The maximum Gasteiger partial charge on any atom is 0.244 e. The standard InChI is InChI=1S/C20H23BrN2O3S/c21-18-8-4-5-9-19(18)27(25,26)23-14-12-17(13-15-23)22-20(24)11-10-16-6-2-1-3-7-16/h1-9,17H,10-15H2,(H,22,24). The van der Waals surface area contributed by atoms with E-state index in [0.29, 0.717) is 43.2 Å². The van der Waals surface area contributed by atoms with Crippen molar-refractivity contribution < 1.29 is 13.2 Å². The molecule has 0 aliphatic carbocycles.